The van der Waals surface area contributed by atoms with Crippen molar-refractivity contribution in [2.24, 2.45) is 0 Å². The predicted octanol–water partition coefficient (Wildman–Crippen LogP) is 1.88. The highest BCUT2D eigenvalue weighted by Crippen LogP contribution is 2.34. The molecule has 0 aliphatic carbocycles. The van der Waals surface area contributed by atoms with Gasteiger partial charge in [-0.2, -0.15) is 4.31 Å². The molecule has 2 heterocycles. The van der Waals surface area contributed by atoms with Crippen LogP contribution in [0.3, 0.4) is 0 Å². The van der Waals surface area contributed by atoms with Crippen LogP contribution in [-0.2, 0) is 19.6 Å². The van der Waals surface area contributed by atoms with E-state index in [9.17, 15) is 13.2 Å². The van der Waals surface area contributed by atoms with E-state index in [1.54, 1.807) is 31.2 Å². The third kappa shape index (κ3) is 4.32. The van der Waals surface area contributed by atoms with Crippen molar-refractivity contribution in [3.05, 3.63) is 42.5 Å². The number of methoxy groups -OCH3 is 1. The molecule has 2 aliphatic heterocycles. The maximum atomic E-state index is 13.1. The number of ether oxygens (including phenoxy) is 4. The van der Waals surface area contributed by atoms with E-state index in [2.05, 4.69) is 5.32 Å². The van der Waals surface area contributed by atoms with Crippen LogP contribution in [0.2, 0.25) is 0 Å². The normalized spacial score (nSPS) is 21.4. The summed E-state index contributed by atoms with van der Waals surface area (Å²) in [6, 6.07) is 11.6. The van der Waals surface area contributed by atoms with Crippen molar-refractivity contribution < 1.29 is 32.2 Å². The van der Waals surface area contributed by atoms with E-state index in [1.165, 1.54) is 23.5 Å². The van der Waals surface area contributed by atoms with E-state index in [0.29, 0.717) is 30.4 Å². The standard InChI is InChI=1S/C21H24N2O7S/c1-14-20(30-17-6-4-3-5-16(17)29-14)21(24)22-15-7-8-18(27-2)19(13-15)31(25,26)23-9-11-28-12-10-23/h3-8,13-14,20H,9-12H2,1-2H3,(H,22,24)/t14-,20+/m0/s1. The summed E-state index contributed by atoms with van der Waals surface area (Å²) in [5.41, 5.74) is 0.312. The molecular formula is C21H24N2O7S. The predicted molar refractivity (Wildman–Crippen MR) is 112 cm³/mol. The van der Waals surface area contributed by atoms with Crippen molar-refractivity contribution in [2.75, 3.05) is 38.7 Å². The van der Waals surface area contributed by atoms with E-state index in [4.69, 9.17) is 18.9 Å². The quantitative estimate of drug-likeness (QED) is 0.745. The Balaban J connectivity index is 1.56. The number of nitrogens with one attached hydrogen (secondary N) is 1. The molecule has 1 N–H and O–H groups in total. The monoisotopic (exact) mass is 448 g/mol. The molecule has 2 atom stereocenters. The maximum absolute atomic E-state index is 13.1. The fourth-order valence-electron chi connectivity index (χ4n) is 3.50. The first kappa shape index (κ1) is 21.4. The highest BCUT2D eigenvalue weighted by Gasteiger charge is 2.35. The Hall–Kier alpha value is -2.82. The molecule has 31 heavy (non-hydrogen) atoms. The summed E-state index contributed by atoms with van der Waals surface area (Å²) in [6.07, 6.45) is -1.42. The second-order valence-electron chi connectivity index (χ2n) is 7.18. The molecule has 9 nitrogen and oxygen atoms in total. The lowest BCUT2D eigenvalue weighted by atomic mass is 10.1. The topological polar surface area (TPSA) is 103 Å². The number of morpholine rings is 1. The molecule has 10 heteroatoms. The maximum Gasteiger partial charge on any atom is 0.269 e. The number of anilines is 1. The number of hydrogen-bond acceptors (Lipinski definition) is 7. The van der Waals surface area contributed by atoms with Gasteiger partial charge >= 0.3 is 0 Å². The first-order valence-corrected chi connectivity index (χ1v) is 11.3. The molecule has 166 valence electrons. The fourth-order valence-corrected chi connectivity index (χ4v) is 5.09. The van der Waals surface area contributed by atoms with Crippen molar-refractivity contribution in [1.82, 2.24) is 4.31 Å². The highest BCUT2D eigenvalue weighted by molar-refractivity contribution is 7.89. The number of amides is 1. The second kappa shape index (κ2) is 8.74. The van der Waals surface area contributed by atoms with Crippen LogP contribution < -0.4 is 19.5 Å². The molecular weight excluding hydrogens is 424 g/mol. The first-order chi connectivity index (χ1) is 14.9. The van der Waals surface area contributed by atoms with Crippen LogP contribution in [0.5, 0.6) is 17.2 Å². The smallest absolute Gasteiger partial charge is 0.269 e. The molecule has 0 aromatic heterocycles. The van der Waals surface area contributed by atoms with Crippen molar-refractivity contribution in [3.8, 4) is 17.2 Å². The Morgan fingerprint density at radius 1 is 1.10 bits per heavy atom. The first-order valence-electron chi connectivity index (χ1n) is 9.89. The Kier molecular flexibility index (Phi) is 6.03. The van der Waals surface area contributed by atoms with Crippen LogP contribution >= 0.6 is 0 Å². The minimum atomic E-state index is -3.82. The average Bonchev–Trinajstić information content (AvgIpc) is 2.79. The minimum Gasteiger partial charge on any atom is -0.495 e. The summed E-state index contributed by atoms with van der Waals surface area (Å²) in [5, 5.41) is 2.73. The summed E-state index contributed by atoms with van der Waals surface area (Å²) < 4.78 is 49.7. The van der Waals surface area contributed by atoms with E-state index in [1.807, 2.05) is 6.07 Å². The molecule has 2 aromatic carbocycles. The van der Waals surface area contributed by atoms with Crippen molar-refractivity contribution in [2.45, 2.75) is 24.0 Å². The highest BCUT2D eigenvalue weighted by atomic mass is 32.2. The molecule has 0 saturated carbocycles. The molecule has 0 spiro atoms. The lowest BCUT2D eigenvalue weighted by molar-refractivity contribution is -0.128. The summed E-state index contributed by atoms with van der Waals surface area (Å²) in [5.74, 6) is 0.805. The van der Waals surface area contributed by atoms with E-state index in [0.717, 1.165) is 0 Å². The molecule has 0 unspecified atom stereocenters. The molecule has 1 saturated heterocycles. The van der Waals surface area contributed by atoms with E-state index >= 15 is 0 Å². The zero-order chi connectivity index (χ0) is 22.0. The van der Waals surface area contributed by atoms with Gasteiger partial charge in [0.05, 0.1) is 20.3 Å². The lowest BCUT2D eigenvalue weighted by Gasteiger charge is -2.31. The van der Waals surface area contributed by atoms with Gasteiger partial charge in [-0.05, 0) is 37.3 Å². The van der Waals surface area contributed by atoms with Crippen LogP contribution in [-0.4, -0.2) is 64.3 Å². The van der Waals surface area contributed by atoms with Crippen molar-refractivity contribution in [3.63, 3.8) is 0 Å². The Labute approximate surface area is 180 Å². The van der Waals surface area contributed by atoms with Crippen molar-refractivity contribution in [1.29, 1.82) is 0 Å². The number of nitrogens with zero attached hydrogens (tertiary/aromatic N) is 1. The number of carbonyl (C=O) groups is 1. The Morgan fingerprint density at radius 2 is 1.77 bits per heavy atom. The van der Waals surface area contributed by atoms with Gasteiger partial charge in [-0.3, -0.25) is 4.79 Å². The number of carbonyl (C=O) groups excluding carboxylic acids is 1. The van der Waals surface area contributed by atoms with Gasteiger partial charge in [-0.15, -0.1) is 0 Å². The van der Waals surface area contributed by atoms with Crippen molar-refractivity contribution >= 4 is 21.6 Å². The van der Waals surface area contributed by atoms with E-state index < -0.39 is 28.1 Å². The van der Waals surface area contributed by atoms with Crippen LogP contribution in [0.4, 0.5) is 5.69 Å². The number of hydrogen-bond donors (Lipinski definition) is 1. The van der Waals surface area contributed by atoms with Gasteiger partial charge < -0.3 is 24.3 Å². The van der Waals surface area contributed by atoms with Gasteiger partial charge in [0, 0.05) is 18.8 Å². The number of sulfonamides is 1. The number of rotatable bonds is 5. The molecule has 2 aliphatic rings. The Morgan fingerprint density at radius 3 is 2.45 bits per heavy atom. The molecule has 1 amide bonds. The van der Waals surface area contributed by atoms with Gasteiger partial charge in [-0.25, -0.2) is 8.42 Å². The lowest BCUT2D eigenvalue weighted by Crippen LogP contribution is -2.46. The molecule has 0 bridgehead atoms. The van der Waals surface area contributed by atoms with E-state index in [-0.39, 0.29) is 23.7 Å². The van der Waals surface area contributed by atoms with Gasteiger partial charge in [0.2, 0.25) is 16.1 Å². The molecule has 2 aromatic rings. The third-order valence-electron chi connectivity index (χ3n) is 5.12. The average molecular weight is 448 g/mol. The molecule has 1 fully saturated rings. The van der Waals surface area contributed by atoms with Crippen LogP contribution in [0.1, 0.15) is 6.92 Å². The van der Waals surface area contributed by atoms with Gasteiger partial charge in [0.15, 0.2) is 11.5 Å². The minimum absolute atomic E-state index is 0.0195. The number of fused-ring (bicyclic) bond motifs is 1. The Bertz CT molecular complexity index is 1070. The summed E-state index contributed by atoms with van der Waals surface area (Å²) in [6.45, 7) is 2.91. The third-order valence-corrected chi connectivity index (χ3v) is 7.04. The van der Waals surface area contributed by atoms with Crippen LogP contribution in [0.15, 0.2) is 47.4 Å². The molecule has 0 radical (unpaired) electrons. The summed E-state index contributed by atoms with van der Waals surface area (Å²) >= 11 is 0. The summed E-state index contributed by atoms with van der Waals surface area (Å²) in [4.78, 5) is 12.9. The largest absolute Gasteiger partial charge is 0.495 e. The fraction of sp³-hybridized carbons (Fsp3) is 0.381. The van der Waals surface area contributed by atoms with Crippen LogP contribution in [0.25, 0.3) is 0 Å². The number of benzene rings is 2. The van der Waals surface area contributed by atoms with Gasteiger partial charge in [-0.1, -0.05) is 12.1 Å². The zero-order valence-corrected chi connectivity index (χ0v) is 18.1. The van der Waals surface area contributed by atoms with Gasteiger partial charge in [0.1, 0.15) is 16.7 Å². The SMILES string of the molecule is COc1ccc(NC(=O)[C@@H]2Oc3ccccc3O[C@H]2C)cc1S(=O)(=O)N1CCOCC1. The summed E-state index contributed by atoms with van der Waals surface area (Å²) in [7, 11) is -2.42. The second-order valence-corrected chi connectivity index (χ2v) is 9.09. The van der Waals surface area contributed by atoms with Gasteiger partial charge in [0.25, 0.3) is 5.91 Å². The molecule has 4 rings (SSSR count). The number of para-hydroxylation sites is 2. The van der Waals surface area contributed by atoms with Crippen LogP contribution in [0, 0.1) is 0 Å². The zero-order valence-electron chi connectivity index (χ0n) is 17.2.